The highest BCUT2D eigenvalue weighted by Gasteiger charge is 2.19. The standard InChI is InChI=1S/C18H18ClN5/c1-4-11(2)7-16-17(12(3)23-18-21-10-22-24(16)18)14-6-5-13(9-20)8-15(14)19/h5-6,8,10-11H,4,7H2,1-3H3. The van der Waals surface area contributed by atoms with Crippen molar-refractivity contribution in [3.63, 3.8) is 0 Å². The van der Waals surface area contributed by atoms with Crippen LogP contribution in [0.25, 0.3) is 16.9 Å². The third-order valence-corrected chi connectivity index (χ3v) is 4.62. The number of halogens is 1. The van der Waals surface area contributed by atoms with Crippen LogP contribution in [-0.2, 0) is 6.42 Å². The van der Waals surface area contributed by atoms with Gasteiger partial charge in [-0.1, -0.05) is 37.9 Å². The normalized spacial score (nSPS) is 12.3. The summed E-state index contributed by atoms with van der Waals surface area (Å²) in [6.45, 7) is 6.34. The van der Waals surface area contributed by atoms with Crippen LogP contribution in [-0.4, -0.2) is 19.6 Å². The molecule has 0 N–H and O–H groups in total. The Balaban J connectivity index is 2.28. The molecule has 1 aromatic carbocycles. The molecule has 2 heterocycles. The zero-order valence-electron chi connectivity index (χ0n) is 13.9. The van der Waals surface area contributed by atoms with Crippen LogP contribution in [0.3, 0.4) is 0 Å². The highest BCUT2D eigenvalue weighted by Crippen LogP contribution is 2.34. The maximum Gasteiger partial charge on any atom is 0.252 e. The Morgan fingerprint density at radius 1 is 1.38 bits per heavy atom. The van der Waals surface area contributed by atoms with Gasteiger partial charge in [0.15, 0.2) is 0 Å². The molecule has 24 heavy (non-hydrogen) atoms. The van der Waals surface area contributed by atoms with E-state index >= 15 is 0 Å². The van der Waals surface area contributed by atoms with E-state index in [9.17, 15) is 0 Å². The molecule has 1 atom stereocenters. The van der Waals surface area contributed by atoms with Gasteiger partial charge in [-0.05, 0) is 31.4 Å². The van der Waals surface area contributed by atoms with Crippen molar-refractivity contribution in [2.45, 2.75) is 33.6 Å². The Labute approximate surface area is 145 Å². The lowest BCUT2D eigenvalue weighted by atomic mass is 9.94. The maximum atomic E-state index is 9.05. The first-order valence-electron chi connectivity index (χ1n) is 7.94. The summed E-state index contributed by atoms with van der Waals surface area (Å²) in [7, 11) is 0. The fourth-order valence-corrected chi connectivity index (χ4v) is 3.10. The molecule has 0 bridgehead atoms. The van der Waals surface area contributed by atoms with E-state index in [1.165, 1.54) is 6.33 Å². The summed E-state index contributed by atoms with van der Waals surface area (Å²) in [6.07, 6.45) is 3.44. The monoisotopic (exact) mass is 339 g/mol. The summed E-state index contributed by atoms with van der Waals surface area (Å²) in [5.41, 5.74) is 4.30. The van der Waals surface area contributed by atoms with Crippen molar-refractivity contribution in [2.75, 3.05) is 0 Å². The van der Waals surface area contributed by atoms with Crippen molar-refractivity contribution in [2.24, 2.45) is 5.92 Å². The average molecular weight is 340 g/mol. The minimum atomic E-state index is 0.495. The lowest BCUT2D eigenvalue weighted by Crippen LogP contribution is -2.10. The molecule has 0 fully saturated rings. The molecule has 0 amide bonds. The Morgan fingerprint density at radius 3 is 2.83 bits per heavy atom. The zero-order chi connectivity index (χ0) is 17.3. The number of hydrogen-bond acceptors (Lipinski definition) is 4. The quantitative estimate of drug-likeness (QED) is 0.714. The largest absolute Gasteiger partial charge is 0.252 e. The summed E-state index contributed by atoms with van der Waals surface area (Å²) in [6, 6.07) is 7.46. The van der Waals surface area contributed by atoms with Gasteiger partial charge in [0.25, 0.3) is 5.78 Å². The van der Waals surface area contributed by atoms with Gasteiger partial charge in [0.1, 0.15) is 6.33 Å². The first-order chi connectivity index (χ1) is 11.5. The van der Waals surface area contributed by atoms with E-state index in [-0.39, 0.29) is 0 Å². The van der Waals surface area contributed by atoms with Crippen molar-refractivity contribution in [1.29, 1.82) is 5.26 Å². The van der Waals surface area contributed by atoms with Gasteiger partial charge in [0, 0.05) is 16.1 Å². The summed E-state index contributed by atoms with van der Waals surface area (Å²) >= 11 is 6.46. The third-order valence-electron chi connectivity index (χ3n) is 4.31. The minimum Gasteiger partial charge on any atom is -0.216 e. The first-order valence-corrected chi connectivity index (χ1v) is 8.32. The lowest BCUT2D eigenvalue weighted by Gasteiger charge is -2.17. The molecule has 0 aliphatic heterocycles. The third kappa shape index (κ3) is 2.85. The van der Waals surface area contributed by atoms with E-state index in [1.807, 2.05) is 13.0 Å². The van der Waals surface area contributed by atoms with E-state index in [2.05, 4.69) is 35.0 Å². The number of nitrogens with zero attached hydrogens (tertiary/aromatic N) is 5. The molecule has 0 aliphatic carbocycles. The number of fused-ring (bicyclic) bond motifs is 1. The van der Waals surface area contributed by atoms with Gasteiger partial charge in [0.2, 0.25) is 0 Å². The van der Waals surface area contributed by atoms with Gasteiger partial charge in [-0.2, -0.15) is 15.3 Å². The molecule has 0 saturated carbocycles. The van der Waals surface area contributed by atoms with Crippen LogP contribution in [0, 0.1) is 24.2 Å². The Kier molecular flexibility index (Phi) is 4.50. The van der Waals surface area contributed by atoms with Gasteiger partial charge in [-0.15, -0.1) is 0 Å². The van der Waals surface area contributed by atoms with E-state index in [0.717, 1.165) is 35.4 Å². The number of aromatic nitrogens is 4. The average Bonchev–Trinajstić information content (AvgIpc) is 3.03. The molecule has 1 unspecified atom stereocenters. The molecule has 122 valence electrons. The molecule has 3 rings (SSSR count). The summed E-state index contributed by atoms with van der Waals surface area (Å²) in [5.74, 6) is 1.09. The lowest BCUT2D eigenvalue weighted by molar-refractivity contribution is 0.544. The van der Waals surface area contributed by atoms with E-state index in [0.29, 0.717) is 22.3 Å². The topological polar surface area (TPSA) is 66.9 Å². The van der Waals surface area contributed by atoms with Crippen molar-refractivity contribution >= 4 is 17.4 Å². The maximum absolute atomic E-state index is 9.05. The van der Waals surface area contributed by atoms with E-state index < -0.39 is 0 Å². The second-order valence-corrected chi connectivity index (χ2v) is 6.42. The highest BCUT2D eigenvalue weighted by atomic mass is 35.5. The van der Waals surface area contributed by atoms with Gasteiger partial charge in [-0.25, -0.2) is 9.50 Å². The van der Waals surface area contributed by atoms with Gasteiger partial charge in [-0.3, -0.25) is 0 Å². The van der Waals surface area contributed by atoms with Crippen LogP contribution in [0.2, 0.25) is 5.02 Å². The van der Waals surface area contributed by atoms with E-state index in [4.69, 9.17) is 16.9 Å². The van der Waals surface area contributed by atoms with Crippen molar-refractivity contribution in [3.05, 3.63) is 46.5 Å². The van der Waals surface area contributed by atoms with Gasteiger partial charge >= 0.3 is 0 Å². The van der Waals surface area contributed by atoms with Gasteiger partial charge in [0.05, 0.1) is 23.0 Å². The van der Waals surface area contributed by atoms with Crippen LogP contribution in [0.1, 0.15) is 37.2 Å². The van der Waals surface area contributed by atoms with Crippen LogP contribution < -0.4 is 0 Å². The Morgan fingerprint density at radius 2 is 2.17 bits per heavy atom. The number of rotatable bonds is 4. The molecular weight excluding hydrogens is 322 g/mol. The number of nitriles is 1. The fraction of sp³-hybridized carbons (Fsp3) is 0.333. The second-order valence-electron chi connectivity index (χ2n) is 6.01. The smallest absolute Gasteiger partial charge is 0.216 e. The molecule has 0 saturated heterocycles. The van der Waals surface area contributed by atoms with Crippen LogP contribution in [0.15, 0.2) is 24.5 Å². The SMILES string of the molecule is CCC(C)Cc1c(-c2ccc(C#N)cc2Cl)c(C)nc2ncnn12. The summed E-state index contributed by atoms with van der Waals surface area (Å²) in [4.78, 5) is 8.78. The van der Waals surface area contributed by atoms with E-state index in [1.54, 1.807) is 16.6 Å². The number of hydrogen-bond donors (Lipinski definition) is 0. The van der Waals surface area contributed by atoms with Crippen LogP contribution in [0.5, 0.6) is 0 Å². The minimum absolute atomic E-state index is 0.495. The first kappa shape index (κ1) is 16.4. The molecular formula is C18H18ClN5. The highest BCUT2D eigenvalue weighted by molar-refractivity contribution is 6.33. The second kappa shape index (κ2) is 6.58. The predicted molar refractivity (Wildman–Crippen MR) is 93.8 cm³/mol. The molecule has 3 aromatic rings. The van der Waals surface area contributed by atoms with Crippen LogP contribution in [0.4, 0.5) is 0 Å². The number of benzene rings is 1. The summed E-state index contributed by atoms with van der Waals surface area (Å²) < 4.78 is 1.79. The molecule has 2 aromatic heterocycles. The van der Waals surface area contributed by atoms with Gasteiger partial charge < -0.3 is 0 Å². The molecule has 5 nitrogen and oxygen atoms in total. The predicted octanol–water partition coefficient (Wildman–Crippen LogP) is 4.21. The summed E-state index contributed by atoms with van der Waals surface area (Å²) in [5, 5.41) is 13.9. The Bertz CT molecular complexity index is 938. The molecule has 0 spiro atoms. The molecule has 0 radical (unpaired) electrons. The van der Waals surface area contributed by atoms with Crippen LogP contribution >= 0.6 is 11.6 Å². The fourth-order valence-electron chi connectivity index (χ4n) is 2.82. The van der Waals surface area contributed by atoms with Crippen molar-refractivity contribution < 1.29 is 0 Å². The Hall–Kier alpha value is -2.45. The molecule has 0 aliphatic rings. The van der Waals surface area contributed by atoms with Crippen molar-refractivity contribution in [1.82, 2.24) is 19.6 Å². The zero-order valence-corrected chi connectivity index (χ0v) is 14.7. The molecule has 6 heteroatoms. The van der Waals surface area contributed by atoms with Crippen molar-refractivity contribution in [3.8, 4) is 17.2 Å². The number of aryl methyl sites for hydroxylation is 1.